The summed E-state index contributed by atoms with van der Waals surface area (Å²) in [5.74, 6) is 1.66. The highest BCUT2D eigenvalue weighted by Crippen LogP contribution is 2.37. The number of rotatable bonds is 7. The summed E-state index contributed by atoms with van der Waals surface area (Å²) in [7, 11) is 1.66. The van der Waals surface area contributed by atoms with E-state index in [1.165, 1.54) is 4.88 Å². The van der Waals surface area contributed by atoms with Gasteiger partial charge in [-0.1, -0.05) is 20.8 Å². The number of hydrogen-bond donors (Lipinski definition) is 1. The molecular formula is C24H36N2O3S. The van der Waals surface area contributed by atoms with Crippen LogP contribution in [0.3, 0.4) is 0 Å². The largest absolute Gasteiger partial charge is 0.497 e. The fraction of sp³-hybridized carbons (Fsp3) is 0.625. The van der Waals surface area contributed by atoms with Crippen LogP contribution in [-0.4, -0.2) is 48.3 Å². The lowest BCUT2D eigenvalue weighted by atomic mass is 9.95. The van der Waals surface area contributed by atoms with Crippen molar-refractivity contribution >= 4 is 11.3 Å². The Bertz CT molecular complexity index is 813. The number of likely N-dealkylation sites (tertiary alicyclic amines) is 1. The topological polar surface area (TPSA) is 54.8 Å². The number of hydrogen-bond acceptors (Lipinski definition) is 6. The zero-order valence-corrected chi connectivity index (χ0v) is 19.8. The van der Waals surface area contributed by atoms with Crippen molar-refractivity contribution in [1.29, 1.82) is 0 Å². The molecule has 2 aromatic rings. The number of aromatic nitrogens is 1. The first-order valence-electron chi connectivity index (χ1n) is 10.9. The third kappa shape index (κ3) is 6.19. The number of thiazole rings is 1. The first-order valence-corrected chi connectivity index (χ1v) is 11.7. The highest BCUT2D eigenvalue weighted by atomic mass is 32.1. The monoisotopic (exact) mass is 432 g/mol. The molecule has 1 aromatic heterocycles. The summed E-state index contributed by atoms with van der Waals surface area (Å²) in [5.41, 5.74) is 0.478. The van der Waals surface area contributed by atoms with Gasteiger partial charge in [0.15, 0.2) is 0 Å². The van der Waals surface area contributed by atoms with Crippen molar-refractivity contribution in [3.63, 3.8) is 0 Å². The summed E-state index contributed by atoms with van der Waals surface area (Å²) >= 11 is 1.65. The second kappa shape index (κ2) is 9.67. The van der Waals surface area contributed by atoms with Gasteiger partial charge in [-0.05, 0) is 62.4 Å². The Labute approximate surface area is 185 Å². The van der Waals surface area contributed by atoms with Crippen molar-refractivity contribution in [2.24, 2.45) is 5.41 Å². The first kappa shape index (κ1) is 23.0. The van der Waals surface area contributed by atoms with E-state index in [1.807, 2.05) is 31.2 Å². The van der Waals surface area contributed by atoms with Crippen molar-refractivity contribution in [2.45, 2.75) is 59.0 Å². The van der Waals surface area contributed by atoms with Crippen molar-refractivity contribution in [3.05, 3.63) is 39.8 Å². The third-order valence-electron chi connectivity index (χ3n) is 5.55. The standard InChI is InChI=1S/C24H36N2O3S/c1-18-21(11-16-29-20-9-7-19(28-5)8-10-20)30-22(25-18)24(27)12-6-14-26(15-13-24)17-23(2,3)4/h7-10,27H,6,11-17H2,1-5H3/t24-/m0/s1. The van der Waals surface area contributed by atoms with Gasteiger partial charge in [-0.25, -0.2) is 4.98 Å². The fourth-order valence-electron chi connectivity index (χ4n) is 4.01. The summed E-state index contributed by atoms with van der Waals surface area (Å²) in [4.78, 5) is 8.46. The number of aliphatic hydroxyl groups is 1. The molecule has 1 aromatic carbocycles. The van der Waals surface area contributed by atoms with E-state index in [0.29, 0.717) is 6.61 Å². The van der Waals surface area contributed by atoms with Gasteiger partial charge < -0.3 is 19.5 Å². The van der Waals surface area contributed by atoms with Crippen LogP contribution in [-0.2, 0) is 12.0 Å². The Hall–Kier alpha value is -1.63. The van der Waals surface area contributed by atoms with E-state index in [-0.39, 0.29) is 5.41 Å². The van der Waals surface area contributed by atoms with Crippen LogP contribution in [0.5, 0.6) is 11.5 Å². The smallest absolute Gasteiger partial charge is 0.125 e. The Morgan fingerprint density at radius 3 is 2.50 bits per heavy atom. The van der Waals surface area contributed by atoms with E-state index in [4.69, 9.17) is 14.5 Å². The van der Waals surface area contributed by atoms with Gasteiger partial charge in [-0.2, -0.15) is 0 Å². The van der Waals surface area contributed by atoms with Gasteiger partial charge in [-0.3, -0.25) is 0 Å². The van der Waals surface area contributed by atoms with Crippen molar-refractivity contribution < 1.29 is 14.6 Å². The van der Waals surface area contributed by atoms with Crippen LogP contribution in [0.15, 0.2) is 24.3 Å². The number of nitrogens with zero attached hydrogens (tertiary/aromatic N) is 2. The zero-order valence-electron chi connectivity index (χ0n) is 19.0. The minimum absolute atomic E-state index is 0.275. The van der Waals surface area contributed by atoms with E-state index in [9.17, 15) is 5.11 Å². The molecule has 30 heavy (non-hydrogen) atoms. The second-order valence-electron chi connectivity index (χ2n) is 9.52. The van der Waals surface area contributed by atoms with Gasteiger partial charge in [0.05, 0.1) is 19.4 Å². The molecule has 3 rings (SSSR count). The molecular weight excluding hydrogens is 396 g/mol. The lowest BCUT2D eigenvalue weighted by Gasteiger charge is -2.29. The normalized spacial score (nSPS) is 20.7. The molecule has 6 heteroatoms. The van der Waals surface area contributed by atoms with Gasteiger partial charge >= 0.3 is 0 Å². The highest BCUT2D eigenvalue weighted by Gasteiger charge is 2.36. The SMILES string of the molecule is COc1ccc(OCCc2sc([C@]3(O)CCCN(CC(C)(C)C)CC3)nc2C)cc1. The van der Waals surface area contributed by atoms with Crippen LogP contribution in [0.4, 0.5) is 0 Å². The lowest BCUT2D eigenvalue weighted by Crippen LogP contribution is -2.34. The van der Waals surface area contributed by atoms with E-state index < -0.39 is 5.60 Å². The minimum atomic E-state index is -0.808. The summed E-state index contributed by atoms with van der Waals surface area (Å²) in [6, 6.07) is 7.63. The molecule has 0 radical (unpaired) electrons. The van der Waals surface area contributed by atoms with Crippen molar-refractivity contribution in [3.8, 4) is 11.5 Å². The quantitative estimate of drug-likeness (QED) is 0.681. The van der Waals surface area contributed by atoms with Crippen LogP contribution in [0.25, 0.3) is 0 Å². The molecule has 1 atom stereocenters. The van der Waals surface area contributed by atoms with E-state index in [1.54, 1.807) is 18.4 Å². The molecule has 1 saturated heterocycles. The van der Waals surface area contributed by atoms with Crippen LogP contribution in [0.1, 0.15) is 55.6 Å². The molecule has 0 amide bonds. The predicted molar refractivity (Wildman–Crippen MR) is 123 cm³/mol. The Morgan fingerprint density at radius 1 is 1.13 bits per heavy atom. The van der Waals surface area contributed by atoms with Gasteiger partial charge in [0, 0.05) is 24.4 Å². The predicted octanol–water partition coefficient (Wildman–Crippen LogP) is 4.80. The van der Waals surface area contributed by atoms with E-state index in [0.717, 1.165) is 67.5 Å². The minimum Gasteiger partial charge on any atom is -0.497 e. The average Bonchev–Trinajstić information content (AvgIpc) is 2.96. The average molecular weight is 433 g/mol. The molecule has 1 N–H and O–H groups in total. The van der Waals surface area contributed by atoms with E-state index >= 15 is 0 Å². The molecule has 0 unspecified atom stereocenters. The fourth-order valence-corrected chi connectivity index (χ4v) is 5.20. The molecule has 1 aliphatic rings. The van der Waals surface area contributed by atoms with Crippen LogP contribution in [0, 0.1) is 12.3 Å². The summed E-state index contributed by atoms with van der Waals surface area (Å²) in [6.07, 6.45) is 3.32. The van der Waals surface area contributed by atoms with Crippen LogP contribution in [0.2, 0.25) is 0 Å². The molecule has 0 saturated carbocycles. The first-order chi connectivity index (χ1) is 14.2. The highest BCUT2D eigenvalue weighted by molar-refractivity contribution is 7.11. The Morgan fingerprint density at radius 2 is 1.83 bits per heavy atom. The molecule has 0 bridgehead atoms. The molecule has 1 fully saturated rings. The number of aryl methyl sites for hydroxylation is 1. The molecule has 1 aliphatic heterocycles. The summed E-state index contributed by atoms with van der Waals surface area (Å²) < 4.78 is 11.1. The van der Waals surface area contributed by atoms with Crippen molar-refractivity contribution in [2.75, 3.05) is 33.4 Å². The molecule has 5 nitrogen and oxygen atoms in total. The summed E-state index contributed by atoms with van der Waals surface area (Å²) in [5, 5.41) is 12.3. The van der Waals surface area contributed by atoms with Crippen LogP contribution < -0.4 is 9.47 Å². The molecule has 166 valence electrons. The molecule has 2 heterocycles. The number of ether oxygens (including phenoxy) is 2. The van der Waals surface area contributed by atoms with Gasteiger partial charge in [0.25, 0.3) is 0 Å². The van der Waals surface area contributed by atoms with Crippen molar-refractivity contribution in [1.82, 2.24) is 9.88 Å². The second-order valence-corrected chi connectivity index (χ2v) is 10.6. The Kier molecular flexibility index (Phi) is 7.43. The van der Waals surface area contributed by atoms with Gasteiger partial charge in [-0.15, -0.1) is 11.3 Å². The maximum absolute atomic E-state index is 11.4. The molecule has 0 aliphatic carbocycles. The third-order valence-corrected chi connectivity index (χ3v) is 6.96. The number of benzene rings is 1. The Balaban J connectivity index is 1.58. The van der Waals surface area contributed by atoms with Gasteiger partial charge in [0.2, 0.25) is 0 Å². The van der Waals surface area contributed by atoms with Crippen LogP contribution >= 0.6 is 11.3 Å². The lowest BCUT2D eigenvalue weighted by molar-refractivity contribution is 0.0200. The maximum Gasteiger partial charge on any atom is 0.125 e. The maximum atomic E-state index is 11.4. The number of methoxy groups -OCH3 is 1. The summed E-state index contributed by atoms with van der Waals surface area (Å²) in [6.45, 7) is 12.5. The molecule has 0 spiro atoms. The van der Waals surface area contributed by atoms with E-state index in [2.05, 4.69) is 25.7 Å². The zero-order chi connectivity index (χ0) is 21.8. The van der Waals surface area contributed by atoms with Gasteiger partial charge in [0.1, 0.15) is 22.1 Å².